The molecule has 2 heterocycles. The number of nitrogens with zero attached hydrogens (tertiary/aromatic N) is 2. The summed E-state index contributed by atoms with van der Waals surface area (Å²) in [4.78, 5) is 29.9. The number of amides is 1. The molecule has 0 bridgehead atoms. The number of nitrogens with one attached hydrogen (secondary N) is 1. The Morgan fingerprint density at radius 1 is 1.14 bits per heavy atom. The molecule has 2 aromatic rings. The molecule has 0 aliphatic carbocycles. The summed E-state index contributed by atoms with van der Waals surface area (Å²) in [7, 11) is 2.99. The lowest BCUT2D eigenvalue weighted by Gasteiger charge is -2.19. The average molecular weight is 483 g/mol. The number of hydrazone groups is 1. The summed E-state index contributed by atoms with van der Waals surface area (Å²) >= 11 is 0. The number of benzene rings is 2. The topological polar surface area (TPSA) is 126 Å². The van der Waals surface area contributed by atoms with Gasteiger partial charge in [-0.15, -0.1) is 0 Å². The Kier molecular flexibility index (Phi) is 7.34. The molecule has 1 amide bonds. The van der Waals surface area contributed by atoms with Crippen LogP contribution in [0.4, 0.5) is 0 Å². The second kappa shape index (κ2) is 10.8. The van der Waals surface area contributed by atoms with E-state index in [1.54, 1.807) is 31.2 Å². The van der Waals surface area contributed by atoms with Gasteiger partial charge in [0.25, 0.3) is 5.91 Å². The minimum atomic E-state index is -0.518. The SMILES string of the molecule is CCOC(=O)C1=NOC(Cc2c(C=NNC(=O)c3ccccc3)c3c(c(OC)c2OC)OCO3)C1. The van der Waals surface area contributed by atoms with Crippen LogP contribution in [0.25, 0.3) is 0 Å². The van der Waals surface area contributed by atoms with E-state index in [-0.39, 0.29) is 37.9 Å². The predicted molar refractivity (Wildman–Crippen MR) is 124 cm³/mol. The number of oxime groups is 1. The third-order valence-electron chi connectivity index (χ3n) is 5.35. The molecule has 0 aromatic heterocycles. The zero-order valence-electron chi connectivity index (χ0n) is 19.5. The molecule has 2 aliphatic heterocycles. The number of carbonyl (C=O) groups excluding carboxylic acids is 2. The van der Waals surface area contributed by atoms with Gasteiger partial charge in [-0.05, 0) is 19.1 Å². The van der Waals surface area contributed by atoms with Gasteiger partial charge in [-0.1, -0.05) is 23.4 Å². The number of hydrogen-bond donors (Lipinski definition) is 1. The average Bonchev–Trinajstić information content (AvgIpc) is 3.55. The highest BCUT2D eigenvalue weighted by Gasteiger charge is 2.34. The number of carbonyl (C=O) groups is 2. The van der Waals surface area contributed by atoms with E-state index in [9.17, 15) is 9.59 Å². The van der Waals surface area contributed by atoms with Crippen LogP contribution in [0, 0.1) is 0 Å². The third kappa shape index (κ3) is 4.98. The van der Waals surface area contributed by atoms with E-state index >= 15 is 0 Å². The van der Waals surface area contributed by atoms with Gasteiger partial charge in [0, 0.05) is 29.5 Å². The molecular formula is C24H25N3O8. The summed E-state index contributed by atoms with van der Waals surface area (Å²) in [5.74, 6) is 0.602. The van der Waals surface area contributed by atoms with Crippen molar-refractivity contribution in [3.05, 3.63) is 47.0 Å². The molecule has 1 atom stereocenters. The predicted octanol–water partition coefficient (Wildman–Crippen LogP) is 2.45. The minimum absolute atomic E-state index is 0.0223. The number of fused-ring (bicyclic) bond motifs is 1. The normalized spacial score (nSPS) is 16.0. The van der Waals surface area contributed by atoms with Crippen molar-refractivity contribution in [2.75, 3.05) is 27.6 Å². The second-order valence-electron chi connectivity index (χ2n) is 7.48. The van der Waals surface area contributed by atoms with Crippen LogP contribution in [0.15, 0.2) is 40.6 Å². The van der Waals surface area contributed by atoms with Crippen molar-refractivity contribution in [2.24, 2.45) is 10.3 Å². The van der Waals surface area contributed by atoms with E-state index in [4.69, 9.17) is 28.5 Å². The summed E-state index contributed by atoms with van der Waals surface area (Å²) in [5, 5.41) is 8.00. The lowest BCUT2D eigenvalue weighted by atomic mass is 9.96. The molecule has 0 saturated heterocycles. The molecule has 2 aliphatic rings. The molecule has 0 fully saturated rings. The van der Waals surface area contributed by atoms with E-state index in [1.165, 1.54) is 20.4 Å². The maximum atomic E-state index is 12.4. The van der Waals surface area contributed by atoms with Crippen LogP contribution in [-0.4, -0.2) is 57.5 Å². The smallest absolute Gasteiger partial charge is 0.356 e. The summed E-state index contributed by atoms with van der Waals surface area (Å²) in [6.07, 6.45) is 1.50. The Hall–Kier alpha value is -4.28. The van der Waals surface area contributed by atoms with Crippen LogP contribution in [0.2, 0.25) is 0 Å². The van der Waals surface area contributed by atoms with E-state index in [1.807, 2.05) is 6.07 Å². The van der Waals surface area contributed by atoms with Gasteiger partial charge < -0.3 is 28.5 Å². The Morgan fingerprint density at radius 2 is 1.89 bits per heavy atom. The van der Waals surface area contributed by atoms with Crippen molar-refractivity contribution < 1.29 is 38.1 Å². The van der Waals surface area contributed by atoms with Crippen LogP contribution < -0.4 is 24.4 Å². The highest BCUT2D eigenvalue weighted by molar-refractivity contribution is 6.36. The quantitative estimate of drug-likeness (QED) is 0.327. The Labute approximate surface area is 201 Å². The van der Waals surface area contributed by atoms with Gasteiger partial charge in [0.05, 0.1) is 27.0 Å². The van der Waals surface area contributed by atoms with E-state index in [2.05, 4.69) is 15.7 Å². The lowest BCUT2D eigenvalue weighted by Crippen LogP contribution is -2.20. The van der Waals surface area contributed by atoms with Crippen molar-refractivity contribution >= 4 is 23.8 Å². The summed E-state index contributed by atoms with van der Waals surface area (Å²) in [6, 6.07) is 8.70. The summed E-state index contributed by atoms with van der Waals surface area (Å²) in [5.41, 5.74) is 4.31. The minimum Gasteiger partial charge on any atom is -0.492 e. The Bertz CT molecular complexity index is 1160. The first-order chi connectivity index (χ1) is 17.1. The number of esters is 1. The van der Waals surface area contributed by atoms with Crippen LogP contribution in [0.3, 0.4) is 0 Å². The van der Waals surface area contributed by atoms with Crippen molar-refractivity contribution in [3.8, 4) is 23.0 Å². The standard InChI is InChI=1S/C24H25N3O8/c1-4-32-24(29)18-11-15(35-27-18)10-16-17(12-25-26-23(28)14-8-6-5-7-9-14)20-22(34-13-33-20)21(31-3)19(16)30-2/h5-9,12,15H,4,10-11,13H2,1-3H3,(H,26,28). The van der Waals surface area contributed by atoms with Crippen molar-refractivity contribution in [1.29, 1.82) is 0 Å². The van der Waals surface area contributed by atoms with Crippen molar-refractivity contribution in [2.45, 2.75) is 25.9 Å². The van der Waals surface area contributed by atoms with Gasteiger partial charge in [0.15, 0.2) is 17.2 Å². The van der Waals surface area contributed by atoms with Crippen LogP contribution in [0.1, 0.15) is 34.8 Å². The van der Waals surface area contributed by atoms with Gasteiger partial charge in [0.2, 0.25) is 18.3 Å². The van der Waals surface area contributed by atoms with E-state index < -0.39 is 12.1 Å². The molecule has 11 heteroatoms. The molecule has 2 aromatic carbocycles. The highest BCUT2D eigenvalue weighted by atomic mass is 16.7. The maximum absolute atomic E-state index is 12.4. The third-order valence-corrected chi connectivity index (χ3v) is 5.35. The first kappa shape index (κ1) is 23.9. The first-order valence-electron chi connectivity index (χ1n) is 10.9. The molecule has 0 spiro atoms. The number of methoxy groups -OCH3 is 2. The van der Waals surface area contributed by atoms with Gasteiger partial charge in [-0.25, -0.2) is 10.2 Å². The molecule has 184 valence electrons. The molecule has 1 unspecified atom stereocenters. The van der Waals surface area contributed by atoms with E-state index in [0.29, 0.717) is 39.7 Å². The summed E-state index contributed by atoms with van der Waals surface area (Å²) < 4.78 is 27.5. The van der Waals surface area contributed by atoms with Gasteiger partial charge in [-0.2, -0.15) is 5.10 Å². The zero-order valence-corrected chi connectivity index (χ0v) is 19.5. The molecule has 35 heavy (non-hydrogen) atoms. The van der Waals surface area contributed by atoms with E-state index in [0.717, 1.165) is 0 Å². The van der Waals surface area contributed by atoms with Crippen LogP contribution in [-0.2, 0) is 20.8 Å². The van der Waals surface area contributed by atoms with Crippen molar-refractivity contribution in [3.63, 3.8) is 0 Å². The highest BCUT2D eigenvalue weighted by Crippen LogP contribution is 2.52. The fraction of sp³-hybridized carbons (Fsp3) is 0.333. The molecule has 0 saturated carbocycles. The van der Waals surface area contributed by atoms with Gasteiger partial charge in [-0.3, -0.25) is 4.79 Å². The molecule has 1 N–H and O–H groups in total. The van der Waals surface area contributed by atoms with Crippen LogP contribution in [0.5, 0.6) is 23.0 Å². The largest absolute Gasteiger partial charge is 0.492 e. The Balaban J connectivity index is 1.64. The first-order valence-corrected chi connectivity index (χ1v) is 10.9. The fourth-order valence-corrected chi connectivity index (χ4v) is 3.80. The van der Waals surface area contributed by atoms with Crippen LogP contribution >= 0.6 is 0 Å². The maximum Gasteiger partial charge on any atom is 0.356 e. The molecule has 0 radical (unpaired) electrons. The molecular weight excluding hydrogens is 458 g/mol. The fourth-order valence-electron chi connectivity index (χ4n) is 3.80. The number of hydrogen-bond acceptors (Lipinski definition) is 10. The number of ether oxygens (including phenoxy) is 5. The molecule has 4 rings (SSSR count). The van der Waals surface area contributed by atoms with Gasteiger partial charge >= 0.3 is 5.97 Å². The molecule has 11 nitrogen and oxygen atoms in total. The summed E-state index contributed by atoms with van der Waals surface area (Å²) in [6.45, 7) is 1.94. The van der Waals surface area contributed by atoms with Crippen molar-refractivity contribution in [1.82, 2.24) is 5.43 Å². The Morgan fingerprint density at radius 3 is 2.60 bits per heavy atom. The second-order valence-corrected chi connectivity index (χ2v) is 7.48. The number of rotatable bonds is 9. The zero-order chi connectivity index (χ0) is 24.8. The lowest BCUT2D eigenvalue weighted by molar-refractivity contribution is -0.135. The van der Waals surface area contributed by atoms with Gasteiger partial charge in [0.1, 0.15) is 6.10 Å². The monoisotopic (exact) mass is 483 g/mol.